The lowest BCUT2D eigenvalue weighted by Crippen LogP contribution is -2.44. The van der Waals surface area contributed by atoms with E-state index in [0.29, 0.717) is 23.8 Å². The number of carbonyl (C=O) groups is 1. The first-order valence-corrected chi connectivity index (χ1v) is 6.65. The molecule has 1 unspecified atom stereocenters. The number of hydrogen-bond donors (Lipinski definition) is 1. The zero-order valence-corrected chi connectivity index (χ0v) is 10.3. The third-order valence-corrected chi connectivity index (χ3v) is 4.57. The van der Waals surface area contributed by atoms with Crippen molar-refractivity contribution in [1.29, 1.82) is 0 Å². The lowest BCUT2D eigenvalue weighted by atomic mass is 9.99. The molecule has 3 rings (SSSR count). The van der Waals surface area contributed by atoms with Gasteiger partial charge in [0.25, 0.3) is 0 Å². The summed E-state index contributed by atoms with van der Waals surface area (Å²) in [7, 11) is 0. The molecule has 1 aliphatic heterocycles. The maximum absolute atomic E-state index is 11.9. The lowest BCUT2D eigenvalue weighted by Gasteiger charge is -2.31. The van der Waals surface area contributed by atoms with Gasteiger partial charge < -0.3 is 4.90 Å². The summed E-state index contributed by atoms with van der Waals surface area (Å²) in [5, 5.41) is 3.34. The first kappa shape index (κ1) is 10.6. The summed E-state index contributed by atoms with van der Waals surface area (Å²) in [5.74, 6) is 1.76. The van der Waals surface area contributed by atoms with E-state index in [-0.39, 0.29) is 6.17 Å². The number of nitrogens with one attached hydrogen (secondary N) is 1. The van der Waals surface area contributed by atoms with Crippen molar-refractivity contribution >= 4 is 5.91 Å². The lowest BCUT2D eigenvalue weighted by molar-refractivity contribution is -0.129. The summed E-state index contributed by atoms with van der Waals surface area (Å²) in [5.41, 5.74) is 0.537. The number of nitrogens with zero attached hydrogens (tertiary/aromatic N) is 1. The molecule has 0 spiro atoms. The van der Waals surface area contributed by atoms with E-state index in [1.807, 2.05) is 0 Å². The average Bonchev–Trinajstić information content (AvgIpc) is 3.09. The summed E-state index contributed by atoms with van der Waals surface area (Å²) in [4.78, 5) is 14.0. The Bertz CT molecular complexity index is 305. The summed E-state index contributed by atoms with van der Waals surface area (Å²) >= 11 is 0. The average molecular weight is 222 g/mol. The molecule has 3 aliphatic rings. The Hall–Kier alpha value is -0.570. The van der Waals surface area contributed by atoms with Gasteiger partial charge in [-0.05, 0) is 42.9 Å². The molecule has 0 bridgehead atoms. The van der Waals surface area contributed by atoms with Gasteiger partial charge >= 0.3 is 0 Å². The van der Waals surface area contributed by atoms with Crippen LogP contribution in [0.1, 0.15) is 39.5 Å². The highest BCUT2D eigenvalue weighted by molar-refractivity contribution is 5.80. The maximum Gasteiger partial charge on any atom is 0.237 e. The molecule has 0 radical (unpaired) electrons. The molecule has 1 heterocycles. The van der Waals surface area contributed by atoms with E-state index < -0.39 is 0 Å². The summed E-state index contributed by atoms with van der Waals surface area (Å²) in [6.07, 6.45) is 5.80. The van der Waals surface area contributed by atoms with E-state index >= 15 is 0 Å². The summed E-state index contributed by atoms with van der Waals surface area (Å²) in [6.45, 7) is 5.95. The van der Waals surface area contributed by atoms with E-state index in [4.69, 9.17) is 0 Å². The zero-order valence-electron chi connectivity index (χ0n) is 10.3. The fourth-order valence-corrected chi connectivity index (χ4v) is 3.23. The Morgan fingerprint density at radius 2 is 2.12 bits per heavy atom. The largest absolute Gasteiger partial charge is 0.325 e. The number of hydrogen-bond acceptors (Lipinski definition) is 2. The van der Waals surface area contributed by atoms with Gasteiger partial charge in [0.2, 0.25) is 5.91 Å². The molecule has 1 saturated heterocycles. The molecular formula is C13H22N2O. The molecule has 1 atom stereocenters. The number of rotatable bonds is 4. The monoisotopic (exact) mass is 222 g/mol. The van der Waals surface area contributed by atoms with Gasteiger partial charge in [-0.15, -0.1) is 0 Å². The Balaban J connectivity index is 1.70. The minimum Gasteiger partial charge on any atom is -0.325 e. The zero-order chi connectivity index (χ0) is 11.3. The van der Waals surface area contributed by atoms with Gasteiger partial charge in [0, 0.05) is 6.54 Å². The second-order valence-electron chi connectivity index (χ2n) is 6.23. The topological polar surface area (TPSA) is 32.3 Å². The first-order chi connectivity index (χ1) is 7.62. The van der Waals surface area contributed by atoms with Gasteiger partial charge in [-0.1, -0.05) is 13.8 Å². The van der Waals surface area contributed by atoms with Crippen molar-refractivity contribution in [2.75, 3.05) is 13.1 Å². The Morgan fingerprint density at radius 1 is 1.44 bits per heavy atom. The highest BCUT2D eigenvalue weighted by Crippen LogP contribution is 2.61. The van der Waals surface area contributed by atoms with Crippen LogP contribution in [0.2, 0.25) is 0 Å². The van der Waals surface area contributed by atoms with Crippen LogP contribution >= 0.6 is 0 Å². The van der Waals surface area contributed by atoms with Crippen LogP contribution in [0.25, 0.3) is 0 Å². The van der Waals surface area contributed by atoms with E-state index in [9.17, 15) is 4.79 Å². The molecule has 0 aromatic rings. The molecule has 0 aromatic carbocycles. The van der Waals surface area contributed by atoms with Crippen molar-refractivity contribution < 1.29 is 4.79 Å². The molecule has 2 aliphatic carbocycles. The molecule has 3 fully saturated rings. The van der Waals surface area contributed by atoms with Crippen molar-refractivity contribution in [3.05, 3.63) is 0 Å². The SMILES string of the molecule is CC(C)C1NCC(=O)N1CC1(C2CC2)CC1. The smallest absolute Gasteiger partial charge is 0.237 e. The van der Waals surface area contributed by atoms with Gasteiger partial charge in [-0.3, -0.25) is 10.1 Å². The van der Waals surface area contributed by atoms with Crippen molar-refractivity contribution in [3.63, 3.8) is 0 Å². The molecule has 0 aromatic heterocycles. The second kappa shape index (κ2) is 3.46. The molecule has 2 saturated carbocycles. The van der Waals surface area contributed by atoms with Crippen molar-refractivity contribution in [3.8, 4) is 0 Å². The summed E-state index contributed by atoms with van der Waals surface area (Å²) in [6, 6.07) is 0. The Kier molecular flexibility index (Phi) is 2.29. The normalized spacial score (nSPS) is 32.6. The van der Waals surface area contributed by atoms with Crippen LogP contribution < -0.4 is 5.32 Å². The van der Waals surface area contributed by atoms with Crippen LogP contribution in [-0.4, -0.2) is 30.1 Å². The number of amides is 1. The highest BCUT2D eigenvalue weighted by Gasteiger charge is 2.55. The van der Waals surface area contributed by atoms with Crippen LogP contribution in [0, 0.1) is 17.3 Å². The molecule has 1 N–H and O–H groups in total. The van der Waals surface area contributed by atoms with Crippen molar-refractivity contribution in [2.45, 2.75) is 45.7 Å². The quantitative estimate of drug-likeness (QED) is 0.783. The third kappa shape index (κ3) is 1.65. The van der Waals surface area contributed by atoms with Gasteiger partial charge in [0.15, 0.2) is 0 Å². The molecule has 3 heteroatoms. The van der Waals surface area contributed by atoms with E-state index in [2.05, 4.69) is 24.1 Å². The van der Waals surface area contributed by atoms with Crippen LogP contribution in [-0.2, 0) is 4.79 Å². The first-order valence-electron chi connectivity index (χ1n) is 6.65. The van der Waals surface area contributed by atoms with Crippen LogP contribution in [0.15, 0.2) is 0 Å². The van der Waals surface area contributed by atoms with Crippen LogP contribution in [0.3, 0.4) is 0 Å². The summed E-state index contributed by atoms with van der Waals surface area (Å²) < 4.78 is 0. The Labute approximate surface area is 97.6 Å². The minimum atomic E-state index is 0.281. The van der Waals surface area contributed by atoms with E-state index in [1.165, 1.54) is 25.7 Å². The Morgan fingerprint density at radius 3 is 2.62 bits per heavy atom. The molecule has 1 amide bonds. The van der Waals surface area contributed by atoms with Gasteiger partial charge in [0.05, 0.1) is 12.7 Å². The fourth-order valence-electron chi connectivity index (χ4n) is 3.23. The fraction of sp³-hybridized carbons (Fsp3) is 0.923. The standard InChI is InChI=1S/C13H22N2O/c1-9(2)12-14-7-11(16)15(12)8-13(5-6-13)10-3-4-10/h9-10,12,14H,3-8H2,1-2H3. The van der Waals surface area contributed by atoms with Crippen molar-refractivity contribution in [2.24, 2.45) is 17.3 Å². The maximum atomic E-state index is 11.9. The minimum absolute atomic E-state index is 0.281. The molecule has 16 heavy (non-hydrogen) atoms. The third-order valence-electron chi connectivity index (χ3n) is 4.57. The van der Waals surface area contributed by atoms with Crippen LogP contribution in [0.4, 0.5) is 0 Å². The predicted molar refractivity (Wildman–Crippen MR) is 62.7 cm³/mol. The predicted octanol–water partition coefficient (Wildman–Crippen LogP) is 1.59. The second-order valence-corrected chi connectivity index (χ2v) is 6.23. The highest BCUT2D eigenvalue weighted by atomic mass is 16.2. The van der Waals surface area contributed by atoms with E-state index in [1.54, 1.807) is 0 Å². The molecular weight excluding hydrogens is 200 g/mol. The van der Waals surface area contributed by atoms with E-state index in [0.717, 1.165) is 12.5 Å². The van der Waals surface area contributed by atoms with Gasteiger partial charge in [-0.25, -0.2) is 0 Å². The van der Waals surface area contributed by atoms with Gasteiger partial charge in [0.1, 0.15) is 0 Å². The van der Waals surface area contributed by atoms with Crippen LogP contribution in [0.5, 0.6) is 0 Å². The molecule has 90 valence electrons. The number of carbonyl (C=O) groups excluding carboxylic acids is 1. The molecule has 3 nitrogen and oxygen atoms in total. The van der Waals surface area contributed by atoms with Crippen molar-refractivity contribution in [1.82, 2.24) is 10.2 Å². The van der Waals surface area contributed by atoms with Gasteiger partial charge in [-0.2, -0.15) is 0 Å².